The normalized spacial score (nSPS) is 18.0. The minimum atomic E-state index is -0.198. The van der Waals surface area contributed by atoms with E-state index in [1.165, 1.54) is 12.1 Å². The van der Waals surface area contributed by atoms with Crippen molar-refractivity contribution in [2.75, 3.05) is 25.4 Å². The summed E-state index contributed by atoms with van der Waals surface area (Å²) in [4.78, 5) is 5.36. The molecule has 1 aliphatic rings. The molecule has 1 heterocycles. The maximum Gasteiger partial charge on any atom is 0.188 e. The molecule has 1 unspecified atom stereocenters. The Labute approximate surface area is 152 Å². The van der Waals surface area contributed by atoms with Gasteiger partial charge in [0.05, 0.1) is 12.6 Å². The smallest absolute Gasteiger partial charge is 0.188 e. The predicted octanol–water partition coefficient (Wildman–Crippen LogP) is 3.01. The van der Waals surface area contributed by atoms with E-state index in [4.69, 9.17) is 10.5 Å². The number of guanidine groups is 1. The second kappa shape index (κ2) is 11.1. The lowest BCUT2D eigenvalue weighted by Gasteiger charge is -2.08. The lowest BCUT2D eigenvalue weighted by Crippen LogP contribution is -2.33. The molecule has 1 atom stereocenters. The number of halogens is 2. The highest BCUT2D eigenvalue weighted by Gasteiger charge is 2.14. The van der Waals surface area contributed by atoms with E-state index in [1.54, 1.807) is 23.9 Å². The van der Waals surface area contributed by atoms with Crippen LogP contribution < -0.4 is 11.1 Å². The second-order valence-electron chi connectivity index (χ2n) is 4.94. The van der Waals surface area contributed by atoms with Gasteiger partial charge < -0.3 is 15.8 Å². The number of aliphatic imine (C=N–C) groups is 1. The number of thioether (sulfide) groups is 1. The van der Waals surface area contributed by atoms with Crippen LogP contribution in [0.2, 0.25) is 0 Å². The number of ether oxygens (including phenoxy) is 1. The van der Waals surface area contributed by atoms with Crippen molar-refractivity contribution in [3.63, 3.8) is 0 Å². The Balaban J connectivity index is 0.00000242. The van der Waals surface area contributed by atoms with Gasteiger partial charge in [-0.25, -0.2) is 4.39 Å². The van der Waals surface area contributed by atoms with Gasteiger partial charge in [-0.3, -0.25) is 4.99 Å². The summed E-state index contributed by atoms with van der Waals surface area (Å²) in [6.45, 7) is 2.27. The van der Waals surface area contributed by atoms with E-state index in [0.717, 1.165) is 43.1 Å². The van der Waals surface area contributed by atoms with Gasteiger partial charge in [0.25, 0.3) is 0 Å². The van der Waals surface area contributed by atoms with Crippen LogP contribution in [-0.4, -0.2) is 37.5 Å². The molecular weight excluding hydrogens is 416 g/mol. The second-order valence-corrected chi connectivity index (χ2v) is 6.11. The fraction of sp³-hybridized carbons (Fsp3) is 0.533. The van der Waals surface area contributed by atoms with Crippen molar-refractivity contribution in [3.05, 3.63) is 30.1 Å². The fourth-order valence-electron chi connectivity index (χ4n) is 2.05. The molecule has 0 saturated carbocycles. The molecular formula is C15H23FIN3OS. The third-order valence-corrected chi connectivity index (χ3v) is 4.30. The molecule has 1 saturated heterocycles. The average molecular weight is 439 g/mol. The van der Waals surface area contributed by atoms with Gasteiger partial charge in [0.1, 0.15) is 5.82 Å². The number of nitrogens with one attached hydrogen (secondary N) is 1. The molecule has 2 rings (SSSR count). The maximum absolute atomic E-state index is 12.7. The summed E-state index contributed by atoms with van der Waals surface area (Å²) < 4.78 is 18.2. The lowest BCUT2D eigenvalue weighted by molar-refractivity contribution is 0.118. The van der Waals surface area contributed by atoms with Crippen LogP contribution in [0.15, 0.2) is 34.2 Å². The van der Waals surface area contributed by atoms with E-state index >= 15 is 0 Å². The first-order valence-electron chi connectivity index (χ1n) is 7.28. The minimum Gasteiger partial charge on any atom is -0.376 e. The van der Waals surface area contributed by atoms with E-state index in [0.29, 0.717) is 12.5 Å². The summed E-state index contributed by atoms with van der Waals surface area (Å²) in [5, 5.41) is 3.10. The molecule has 0 aromatic heterocycles. The third kappa shape index (κ3) is 7.64. The van der Waals surface area contributed by atoms with E-state index in [-0.39, 0.29) is 35.9 Å². The van der Waals surface area contributed by atoms with E-state index in [9.17, 15) is 4.39 Å². The Kier molecular flexibility index (Phi) is 9.81. The molecule has 1 aromatic carbocycles. The molecule has 0 aliphatic carbocycles. The Morgan fingerprint density at radius 1 is 1.41 bits per heavy atom. The van der Waals surface area contributed by atoms with E-state index in [2.05, 4.69) is 10.3 Å². The molecule has 3 N–H and O–H groups in total. The van der Waals surface area contributed by atoms with Gasteiger partial charge in [-0.15, -0.1) is 35.7 Å². The summed E-state index contributed by atoms with van der Waals surface area (Å²) in [5.74, 6) is 1.24. The van der Waals surface area contributed by atoms with Gasteiger partial charge in [0.2, 0.25) is 0 Å². The third-order valence-electron chi connectivity index (χ3n) is 3.20. The maximum atomic E-state index is 12.7. The summed E-state index contributed by atoms with van der Waals surface area (Å²) in [5.41, 5.74) is 5.80. The highest BCUT2D eigenvalue weighted by molar-refractivity contribution is 14.0. The first kappa shape index (κ1) is 19.5. The molecule has 1 aromatic rings. The zero-order valence-electron chi connectivity index (χ0n) is 12.5. The van der Waals surface area contributed by atoms with Crippen LogP contribution in [0, 0.1) is 5.82 Å². The van der Waals surface area contributed by atoms with Crippen LogP contribution in [0.25, 0.3) is 0 Å². The zero-order chi connectivity index (χ0) is 14.9. The predicted molar refractivity (Wildman–Crippen MR) is 101 cm³/mol. The van der Waals surface area contributed by atoms with Crippen molar-refractivity contribution >= 4 is 41.7 Å². The Bertz CT molecular complexity index is 453. The number of nitrogens with two attached hydrogens (primary N) is 1. The van der Waals surface area contributed by atoms with Gasteiger partial charge in [-0.1, -0.05) is 0 Å². The van der Waals surface area contributed by atoms with Gasteiger partial charge >= 0.3 is 0 Å². The summed E-state index contributed by atoms with van der Waals surface area (Å²) in [7, 11) is 0. The molecule has 4 nitrogen and oxygen atoms in total. The van der Waals surface area contributed by atoms with E-state index < -0.39 is 0 Å². The van der Waals surface area contributed by atoms with Crippen LogP contribution in [0.5, 0.6) is 0 Å². The molecule has 0 radical (unpaired) electrons. The van der Waals surface area contributed by atoms with Crippen molar-refractivity contribution in [2.45, 2.75) is 30.3 Å². The van der Waals surface area contributed by atoms with Gasteiger partial charge in [-0.05, 0) is 49.3 Å². The first-order chi connectivity index (χ1) is 10.2. The van der Waals surface area contributed by atoms with E-state index in [1.807, 2.05) is 0 Å². The lowest BCUT2D eigenvalue weighted by atomic mass is 10.2. The Morgan fingerprint density at radius 2 is 2.18 bits per heavy atom. The topological polar surface area (TPSA) is 59.6 Å². The number of nitrogens with zero attached hydrogens (tertiary/aromatic N) is 1. The summed E-state index contributed by atoms with van der Waals surface area (Å²) in [6, 6.07) is 6.56. The van der Waals surface area contributed by atoms with Crippen molar-refractivity contribution in [1.82, 2.24) is 5.32 Å². The Morgan fingerprint density at radius 3 is 2.86 bits per heavy atom. The number of rotatable bonds is 7. The molecule has 22 heavy (non-hydrogen) atoms. The standard InChI is InChI=1S/C15H22FN3OS.HI/c16-12-4-6-14(7-5-12)21-10-2-8-18-15(17)19-11-13-3-1-9-20-13;/h4-7,13H,1-3,8-11H2,(H3,17,18,19);1H. The molecule has 0 amide bonds. The van der Waals surface area contributed by atoms with Crippen LogP contribution in [0.1, 0.15) is 19.3 Å². The van der Waals surface area contributed by atoms with Gasteiger partial charge in [0.15, 0.2) is 5.96 Å². The van der Waals surface area contributed by atoms with Crippen molar-refractivity contribution in [3.8, 4) is 0 Å². The monoisotopic (exact) mass is 439 g/mol. The van der Waals surface area contributed by atoms with Crippen LogP contribution in [-0.2, 0) is 4.74 Å². The number of hydrogen-bond acceptors (Lipinski definition) is 3. The van der Waals surface area contributed by atoms with Gasteiger partial charge in [-0.2, -0.15) is 0 Å². The fourth-order valence-corrected chi connectivity index (χ4v) is 2.91. The van der Waals surface area contributed by atoms with Crippen molar-refractivity contribution in [1.29, 1.82) is 0 Å². The molecule has 124 valence electrons. The minimum absolute atomic E-state index is 0. The largest absolute Gasteiger partial charge is 0.376 e. The van der Waals surface area contributed by atoms with Gasteiger partial charge in [0, 0.05) is 18.0 Å². The first-order valence-corrected chi connectivity index (χ1v) is 8.26. The average Bonchev–Trinajstić information content (AvgIpc) is 3.00. The molecule has 7 heteroatoms. The number of benzene rings is 1. The summed E-state index contributed by atoms with van der Waals surface area (Å²) >= 11 is 1.71. The molecule has 0 spiro atoms. The number of hydrogen-bond donors (Lipinski definition) is 2. The van der Waals surface area contributed by atoms with Crippen molar-refractivity contribution in [2.24, 2.45) is 10.7 Å². The summed E-state index contributed by atoms with van der Waals surface area (Å²) in [6.07, 6.45) is 3.40. The zero-order valence-corrected chi connectivity index (χ0v) is 15.6. The SMILES string of the molecule is I.NC(=NCC1CCCO1)NCCCSc1ccc(F)cc1. The van der Waals surface area contributed by atoms with Crippen LogP contribution >= 0.6 is 35.7 Å². The molecule has 0 bridgehead atoms. The molecule has 1 fully saturated rings. The van der Waals surface area contributed by atoms with Crippen LogP contribution in [0.4, 0.5) is 4.39 Å². The van der Waals surface area contributed by atoms with Crippen LogP contribution in [0.3, 0.4) is 0 Å². The Hall–Kier alpha value is -0.540. The molecule has 1 aliphatic heterocycles. The highest BCUT2D eigenvalue weighted by Crippen LogP contribution is 2.18. The highest BCUT2D eigenvalue weighted by atomic mass is 127. The van der Waals surface area contributed by atoms with Crippen molar-refractivity contribution < 1.29 is 9.13 Å². The quantitative estimate of drug-likeness (QED) is 0.226.